The van der Waals surface area contributed by atoms with Crippen molar-refractivity contribution in [2.45, 2.75) is 58.4 Å². The number of methoxy groups -OCH3 is 1. The van der Waals surface area contributed by atoms with Crippen molar-refractivity contribution in [1.82, 2.24) is 0 Å². The zero-order valence-electron chi connectivity index (χ0n) is 20.6. The predicted molar refractivity (Wildman–Crippen MR) is 122 cm³/mol. The monoisotopic (exact) mass is 510 g/mol. The van der Waals surface area contributed by atoms with Gasteiger partial charge in [-0.1, -0.05) is 18.2 Å². The molecule has 1 heterocycles. The molecule has 0 radical (unpaired) electrons. The van der Waals surface area contributed by atoms with E-state index in [1.165, 1.54) is 20.1 Å². The molecule has 198 valence electrons. The van der Waals surface area contributed by atoms with Gasteiger partial charge in [-0.15, -0.1) is 0 Å². The summed E-state index contributed by atoms with van der Waals surface area (Å²) >= 11 is 0. The van der Waals surface area contributed by atoms with Gasteiger partial charge in [0.05, 0.1) is 13.7 Å². The van der Waals surface area contributed by atoms with Crippen molar-refractivity contribution in [3.63, 3.8) is 0 Å². The first-order chi connectivity index (χ1) is 17.0. The highest BCUT2D eigenvalue weighted by Crippen LogP contribution is 2.35. The van der Waals surface area contributed by atoms with Crippen molar-refractivity contribution in [1.29, 1.82) is 0 Å². The molecule has 0 aromatic heterocycles. The Morgan fingerprint density at radius 3 is 2.06 bits per heavy atom. The van der Waals surface area contributed by atoms with E-state index in [-0.39, 0.29) is 24.7 Å². The topological polar surface area (TPSA) is 153 Å². The van der Waals surface area contributed by atoms with Gasteiger partial charge in [0.15, 0.2) is 23.7 Å². The smallest absolute Gasteiger partial charge is 0.303 e. The highest BCUT2D eigenvalue weighted by atomic mass is 16.7. The number of hydrogen-bond donors (Lipinski definition) is 1. The Morgan fingerprint density at radius 1 is 0.889 bits per heavy atom. The average Bonchev–Trinajstić information content (AvgIpc) is 2.79. The van der Waals surface area contributed by atoms with Crippen LogP contribution in [-0.2, 0) is 42.9 Å². The number of esters is 4. The van der Waals surface area contributed by atoms with E-state index < -0.39 is 54.6 Å². The molecule has 0 saturated carbocycles. The molecule has 1 aliphatic heterocycles. The molecule has 1 N–H and O–H groups in total. The van der Waals surface area contributed by atoms with Gasteiger partial charge in [-0.2, -0.15) is 0 Å². The Kier molecular flexibility index (Phi) is 10.7. The summed E-state index contributed by atoms with van der Waals surface area (Å²) < 4.78 is 38.4. The lowest BCUT2D eigenvalue weighted by atomic mass is 9.98. The van der Waals surface area contributed by atoms with Gasteiger partial charge in [0.25, 0.3) is 0 Å². The fraction of sp³-hybridized carbons (Fsp3) is 0.500. The molecule has 12 nitrogen and oxygen atoms in total. The first-order valence-corrected chi connectivity index (χ1v) is 11.0. The molecule has 1 aromatic rings. The maximum Gasteiger partial charge on any atom is 0.303 e. The van der Waals surface area contributed by atoms with Gasteiger partial charge >= 0.3 is 23.9 Å². The second-order valence-electron chi connectivity index (χ2n) is 7.68. The molecule has 0 bridgehead atoms. The van der Waals surface area contributed by atoms with Crippen molar-refractivity contribution in [3.05, 3.63) is 29.8 Å². The Hall–Kier alpha value is -3.64. The number of hydrogen-bond acceptors (Lipinski definition) is 12. The van der Waals surface area contributed by atoms with Gasteiger partial charge in [-0.25, -0.2) is 0 Å². The minimum absolute atomic E-state index is 0.148. The maximum atomic E-state index is 11.9. The van der Waals surface area contributed by atoms with Crippen molar-refractivity contribution >= 4 is 30.0 Å². The average molecular weight is 510 g/mol. The quantitative estimate of drug-likeness (QED) is 0.355. The van der Waals surface area contributed by atoms with Crippen molar-refractivity contribution < 1.29 is 57.4 Å². The zero-order valence-corrected chi connectivity index (χ0v) is 20.6. The fourth-order valence-electron chi connectivity index (χ4n) is 3.48. The van der Waals surface area contributed by atoms with Crippen molar-refractivity contribution in [2.75, 3.05) is 20.3 Å². The number of aliphatic hydroxyl groups excluding tert-OH is 1. The third-order valence-corrected chi connectivity index (χ3v) is 4.79. The van der Waals surface area contributed by atoms with Gasteiger partial charge in [0.1, 0.15) is 12.7 Å². The van der Waals surface area contributed by atoms with E-state index in [1.807, 2.05) is 0 Å². The van der Waals surface area contributed by atoms with Crippen LogP contribution in [0.15, 0.2) is 24.3 Å². The largest absolute Gasteiger partial charge is 0.493 e. The molecule has 1 saturated heterocycles. The Bertz CT molecular complexity index is 972. The molecular weight excluding hydrogens is 480 g/mol. The first kappa shape index (κ1) is 28.6. The molecule has 1 aliphatic rings. The van der Waals surface area contributed by atoms with E-state index in [9.17, 15) is 19.2 Å². The third kappa shape index (κ3) is 8.24. The molecule has 1 fully saturated rings. The molecule has 5 atom stereocenters. The second-order valence-corrected chi connectivity index (χ2v) is 7.68. The van der Waals surface area contributed by atoms with E-state index in [1.54, 1.807) is 24.3 Å². The Morgan fingerprint density at radius 2 is 1.50 bits per heavy atom. The van der Waals surface area contributed by atoms with Crippen LogP contribution in [0.25, 0.3) is 6.08 Å². The molecule has 1 aromatic carbocycles. The predicted octanol–water partition coefficient (Wildman–Crippen LogP) is 1.16. The van der Waals surface area contributed by atoms with E-state index in [0.29, 0.717) is 5.56 Å². The van der Waals surface area contributed by atoms with Gasteiger partial charge in [0.2, 0.25) is 12.4 Å². The number of rotatable bonds is 10. The Balaban J connectivity index is 2.50. The first-order valence-electron chi connectivity index (χ1n) is 11.0. The molecular formula is C24H30O12. The van der Waals surface area contributed by atoms with Gasteiger partial charge in [0, 0.05) is 27.7 Å². The van der Waals surface area contributed by atoms with E-state index >= 15 is 0 Å². The summed E-state index contributed by atoms with van der Waals surface area (Å²) in [7, 11) is 1.41. The highest BCUT2D eigenvalue weighted by molar-refractivity contribution is 5.68. The molecule has 0 spiro atoms. The van der Waals surface area contributed by atoms with Crippen LogP contribution in [0.3, 0.4) is 0 Å². The van der Waals surface area contributed by atoms with Crippen LogP contribution in [0.5, 0.6) is 11.5 Å². The number of aliphatic hydroxyl groups is 1. The van der Waals surface area contributed by atoms with Crippen LogP contribution in [-0.4, -0.2) is 80.0 Å². The number of ether oxygens (including phenoxy) is 7. The molecule has 0 aliphatic carbocycles. The van der Waals surface area contributed by atoms with Gasteiger partial charge in [-0.3, -0.25) is 19.2 Å². The highest BCUT2D eigenvalue weighted by Gasteiger charge is 2.53. The summed E-state index contributed by atoms with van der Waals surface area (Å²) in [6.45, 7) is 4.06. The van der Waals surface area contributed by atoms with Crippen LogP contribution in [0.2, 0.25) is 0 Å². The van der Waals surface area contributed by atoms with E-state index in [4.69, 9.17) is 38.3 Å². The van der Waals surface area contributed by atoms with Crippen LogP contribution in [0.1, 0.15) is 33.3 Å². The molecule has 36 heavy (non-hydrogen) atoms. The van der Waals surface area contributed by atoms with Crippen LogP contribution < -0.4 is 9.47 Å². The Labute approximate surface area is 208 Å². The molecule has 0 amide bonds. The minimum atomic E-state index is -1.39. The number of carbonyl (C=O) groups excluding carboxylic acids is 4. The summed E-state index contributed by atoms with van der Waals surface area (Å²) in [6, 6.07) is 4.87. The van der Waals surface area contributed by atoms with Crippen molar-refractivity contribution in [2.24, 2.45) is 0 Å². The zero-order chi connectivity index (χ0) is 26.8. The van der Waals surface area contributed by atoms with Crippen LogP contribution >= 0.6 is 0 Å². The summed E-state index contributed by atoms with van der Waals surface area (Å²) in [5.41, 5.74) is 0.704. The molecule has 2 rings (SSSR count). The van der Waals surface area contributed by atoms with E-state index in [2.05, 4.69) is 0 Å². The van der Waals surface area contributed by atoms with Crippen LogP contribution in [0, 0.1) is 0 Å². The van der Waals surface area contributed by atoms with Gasteiger partial charge < -0.3 is 38.3 Å². The maximum absolute atomic E-state index is 11.9. The fourth-order valence-corrected chi connectivity index (χ4v) is 3.48. The lowest BCUT2D eigenvalue weighted by Crippen LogP contribution is -2.63. The lowest BCUT2D eigenvalue weighted by molar-refractivity contribution is -0.288. The molecule has 12 heteroatoms. The summed E-state index contributed by atoms with van der Waals surface area (Å²) in [4.78, 5) is 47.1. The lowest BCUT2D eigenvalue weighted by Gasteiger charge is -2.44. The normalized spacial score (nSPS) is 23.4. The third-order valence-electron chi connectivity index (χ3n) is 4.79. The van der Waals surface area contributed by atoms with E-state index in [0.717, 1.165) is 20.8 Å². The standard InChI is InChI=1S/C24H30O12/c1-13(26)31-12-20-21(32-14(2)27)22(33-15(3)28)23(34-16(4)29)24(36-20)35-18-9-8-17(7-6-10-25)11-19(18)30-5/h6-9,11,20-25H,10,12H2,1-5H3/b7-6+/t20-,21-,22+,23-,24-/m1/s1. The van der Waals surface area contributed by atoms with Crippen molar-refractivity contribution in [3.8, 4) is 11.5 Å². The minimum Gasteiger partial charge on any atom is -0.493 e. The SMILES string of the molecule is COc1cc(/C=C/CO)ccc1O[C@@H]1O[C@H](COC(C)=O)[C@@H](OC(C)=O)[C@H](OC(C)=O)[C@H]1OC(C)=O. The number of carbonyl (C=O) groups is 4. The second kappa shape index (κ2) is 13.4. The summed E-state index contributed by atoms with van der Waals surface area (Å²) in [6.07, 6.45) is -3.34. The summed E-state index contributed by atoms with van der Waals surface area (Å²) in [5, 5.41) is 8.99. The summed E-state index contributed by atoms with van der Waals surface area (Å²) in [5.74, 6) is -2.40. The van der Waals surface area contributed by atoms with Crippen LogP contribution in [0.4, 0.5) is 0 Å². The molecule has 0 unspecified atom stereocenters. The van der Waals surface area contributed by atoms with Gasteiger partial charge in [-0.05, 0) is 17.7 Å². The number of benzene rings is 1.